The molecule has 1 rings (SSSR count). The van der Waals surface area contributed by atoms with Crippen LogP contribution >= 0.6 is 11.6 Å². The third-order valence-corrected chi connectivity index (χ3v) is 2.92. The second-order valence-corrected chi connectivity index (χ2v) is 5.00. The number of nitrogens with one attached hydrogen (secondary N) is 1. The lowest BCUT2D eigenvalue weighted by Crippen LogP contribution is -2.53. The molecule has 1 aromatic rings. The maximum absolute atomic E-state index is 12.0. The molecule has 0 unspecified atom stereocenters. The molecule has 0 heterocycles. The van der Waals surface area contributed by atoms with E-state index in [0.29, 0.717) is 0 Å². The fraction of sp³-hybridized carbons (Fsp3) is 0.273. The van der Waals surface area contributed by atoms with Crippen LogP contribution in [0.25, 0.3) is 0 Å². The lowest BCUT2D eigenvalue weighted by Gasteiger charge is -2.22. The first-order valence-corrected chi connectivity index (χ1v) is 5.80. The van der Waals surface area contributed by atoms with E-state index in [4.69, 9.17) is 23.1 Å². The Kier molecular flexibility index (Phi) is 4.19. The van der Waals surface area contributed by atoms with Crippen LogP contribution in [0.5, 0.6) is 0 Å². The van der Waals surface area contributed by atoms with Crippen LogP contribution in [0.15, 0.2) is 12.1 Å². The number of primary amides is 1. The number of anilines is 1. The van der Waals surface area contributed by atoms with Crippen molar-refractivity contribution in [3.8, 4) is 0 Å². The Hall–Kier alpha value is -2.35. The molecule has 0 aliphatic rings. The van der Waals surface area contributed by atoms with Crippen LogP contribution in [0.2, 0.25) is 5.02 Å². The van der Waals surface area contributed by atoms with Crippen LogP contribution in [0.3, 0.4) is 0 Å². The molecule has 2 amide bonds. The highest BCUT2D eigenvalue weighted by Gasteiger charge is 2.28. The highest BCUT2D eigenvalue weighted by molar-refractivity contribution is 6.34. The van der Waals surface area contributed by atoms with Gasteiger partial charge in [0.2, 0.25) is 5.91 Å². The van der Waals surface area contributed by atoms with Crippen molar-refractivity contribution in [1.29, 1.82) is 0 Å². The molecule has 5 N–H and O–H groups in total. The van der Waals surface area contributed by atoms with Crippen LogP contribution in [0.4, 0.5) is 11.4 Å². The van der Waals surface area contributed by atoms with E-state index in [9.17, 15) is 19.7 Å². The summed E-state index contributed by atoms with van der Waals surface area (Å²) < 4.78 is 0. The molecule has 0 aliphatic carbocycles. The topological polar surface area (TPSA) is 141 Å². The third-order valence-electron chi connectivity index (χ3n) is 2.61. The lowest BCUT2D eigenvalue weighted by molar-refractivity contribution is -0.383. The van der Waals surface area contributed by atoms with E-state index < -0.39 is 28.0 Å². The molecule has 0 radical (unpaired) electrons. The molecule has 9 heteroatoms. The molecule has 0 saturated heterocycles. The average molecular weight is 301 g/mol. The first-order valence-electron chi connectivity index (χ1n) is 5.42. The Morgan fingerprint density at radius 2 is 1.95 bits per heavy atom. The number of halogens is 1. The second kappa shape index (κ2) is 5.33. The van der Waals surface area contributed by atoms with E-state index in [1.165, 1.54) is 19.9 Å². The maximum Gasteiger partial charge on any atom is 0.294 e. The highest BCUT2D eigenvalue weighted by Crippen LogP contribution is 2.30. The van der Waals surface area contributed by atoms with Crippen molar-refractivity contribution in [3.05, 3.63) is 32.8 Å². The minimum absolute atomic E-state index is 0.0924. The van der Waals surface area contributed by atoms with Crippen molar-refractivity contribution < 1.29 is 14.5 Å². The van der Waals surface area contributed by atoms with Crippen LogP contribution in [0, 0.1) is 10.1 Å². The van der Waals surface area contributed by atoms with Gasteiger partial charge < -0.3 is 16.8 Å². The lowest BCUT2D eigenvalue weighted by atomic mass is 10.0. The molecule has 0 aromatic heterocycles. The number of amides is 2. The number of hydrogen-bond acceptors (Lipinski definition) is 5. The molecule has 0 atom stereocenters. The number of nitro benzene ring substituents is 1. The molecule has 0 spiro atoms. The Labute approximate surface area is 119 Å². The molecule has 8 nitrogen and oxygen atoms in total. The number of carbonyl (C=O) groups excluding carboxylic acids is 2. The predicted octanol–water partition coefficient (Wildman–Crippen LogP) is 0.824. The fourth-order valence-corrected chi connectivity index (χ4v) is 1.52. The summed E-state index contributed by atoms with van der Waals surface area (Å²) >= 11 is 5.74. The van der Waals surface area contributed by atoms with Gasteiger partial charge in [0.1, 0.15) is 11.2 Å². The summed E-state index contributed by atoms with van der Waals surface area (Å²) in [6.07, 6.45) is 0. The number of nitro groups is 1. The monoisotopic (exact) mass is 300 g/mol. The zero-order valence-electron chi connectivity index (χ0n) is 10.8. The quantitative estimate of drug-likeness (QED) is 0.429. The van der Waals surface area contributed by atoms with E-state index in [-0.39, 0.29) is 16.3 Å². The zero-order chi connectivity index (χ0) is 15.7. The van der Waals surface area contributed by atoms with Gasteiger partial charge in [0.25, 0.3) is 11.6 Å². The fourth-order valence-electron chi connectivity index (χ4n) is 1.30. The van der Waals surface area contributed by atoms with Gasteiger partial charge >= 0.3 is 0 Å². The van der Waals surface area contributed by atoms with Crippen molar-refractivity contribution in [3.63, 3.8) is 0 Å². The molecule has 20 heavy (non-hydrogen) atoms. The van der Waals surface area contributed by atoms with Crippen molar-refractivity contribution in [2.24, 2.45) is 5.73 Å². The van der Waals surface area contributed by atoms with Crippen LogP contribution in [-0.4, -0.2) is 22.3 Å². The zero-order valence-corrected chi connectivity index (χ0v) is 11.5. The van der Waals surface area contributed by atoms with Crippen LogP contribution in [0.1, 0.15) is 24.2 Å². The normalized spacial score (nSPS) is 10.9. The third kappa shape index (κ3) is 3.15. The number of nitrogens with two attached hydrogens (primary N) is 2. The maximum atomic E-state index is 12.0. The first-order chi connectivity index (χ1) is 9.06. The number of nitrogen functional groups attached to an aromatic ring is 1. The summed E-state index contributed by atoms with van der Waals surface area (Å²) in [5, 5.41) is 13.0. The van der Waals surface area contributed by atoms with Crippen LogP contribution < -0.4 is 16.8 Å². The summed E-state index contributed by atoms with van der Waals surface area (Å²) in [7, 11) is 0. The summed E-state index contributed by atoms with van der Waals surface area (Å²) in [4.78, 5) is 33.2. The van der Waals surface area contributed by atoms with Gasteiger partial charge in [-0.2, -0.15) is 0 Å². The van der Waals surface area contributed by atoms with Crippen molar-refractivity contribution in [1.82, 2.24) is 5.32 Å². The van der Waals surface area contributed by atoms with Gasteiger partial charge in [-0.3, -0.25) is 19.7 Å². The summed E-state index contributed by atoms with van der Waals surface area (Å²) in [6, 6.07) is 2.16. The van der Waals surface area contributed by atoms with E-state index in [2.05, 4.69) is 5.32 Å². The highest BCUT2D eigenvalue weighted by atomic mass is 35.5. The van der Waals surface area contributed by atoms with Gasteiger partial charge in [-0.1, -0.05) is 11.6 Å². The number of benzene rings is 1. The van der Waals surface area contributed by atoms with E-state index in [0.717, 1.165) is 6.07 Å². The predicted molar refractivity (Wildman–Crippen MR) is 73.3 cm³/mol. The SMILES string of the molecule is CC(C)(NC(=O)c1cc(Cl)c(N)c([N+](=O)[O-])c1)C(N)=O. The minimum Gasteiger partial charge on any atom is -0.392 e. The molecular formula is C11H13ClN4O4. The second-order valence-electron chi connectivity index (χ2n) is 4.59. The summed E-state index contributed by atoms with van der Waals surface area (Å²) in [6.45, 7) is 2.81. The minimum atomic E-state index is -1.31. The Morgan fingerprint density at radius 3 is 2.40 bits per heavy atom. The van der Waals surface area contributed by atoms with E-state index >= 15 is 0 Å². The molecule has 0 aliphatic heterocycles. The largest absolute Gasteiger partial charge is 0.392 e. The number of rotatable bonds is 4. The molecule has 0 fully saturated rings. The first kappa shape index (κ1) is 15.7. The van der Waals surface area contributed by atoms with Gasteiger partial charge in [-0.15, -0.1) is 0 Å². The van der Waals surface area contributed by atoms with Gasteiger partial charge in [-0.25, -0.2) is 0 Å². The summed E-state index contributed by atoms with van der Waals surface area (Å²) in [5.74, 6) is -1.47. The van der Waals surface area contributed by atoms with Crippen molar-refractivity contribution in [2.45, 2.75) is 19.4 Å². The smallest absolute Gasteiger partial charge is 0.294 e. The van der Waals surface area contributed by atoms with Gasteiger partial charge in [0.05, 0.1) is 9.95 Å². The van der Waals surface area contributed by atoms with Gasteiger partial charge in [-0.05, 0) is 19.9 Å². The van der Waals surface area contributed by atoms with E-state index in [1.54, 1.807) is 0 Å². The number of hydrogen-bond donors (Lipinski definition) is 3. The molecule has 0 bridgehead atoms. The van der Waals surface area contributed by atoms with Crippen molar-refractivity contribution >= 4 is 34.8 Å². The molecule has 108 valence electrons. The van der Waals surface area contributed by atoms with Crippen molar-refractivity contribution in [2.75, 3.05) is 5.73 Å². The standard InChI is InChI=1S/C11H13ClN4O4/c1-11(2,10(14)18)15-9(17)5-3-6(12)8(13)7(4-5)16(19)20/h3-4H,13H2,1-2H3,(H2,14,18)(H,15,17). The summed E-state index contributed by atoms with van der Waals surface area (Å²) in [5.41, 5.74) is 8.45. The average Bonchev–Trinajstić information content (AvgIpc) is 2.31. The number of nitrogens with zero attached hydrogens (tertiary/aromatic N) is 1. The van der Waals surface area contributed by atoms with Crippen LogP contribution in [-0.2, 0) is 4.79 Å². The van der Waals surface area contributed by atoms with Gasteiger partial charge in [0.15, 0.2) is 0 Å². The Bertz CT molecular complexity index is 600. The van der Waals surface area contributed by atoms with E-state index in [1.807, 2.05) is 0 Å². The van der Waals surface area contributed by atoms with Gasteiger partial charge in [0, 0.05) is 11.6 Å². The Balaban J connectivity index is 3.18. The molecule has 0 saturated carbocycles. The molecule has 1 aromatic carbocycles. The Morgan fingerprint density at radius 1 is 1.40 bits per heavy atom. The molecular weight excluding hydrogens is 288 g/mol. The number of carbonyl (C=O) groups is 2.